The molecule has 156 valence electrons. The van der Waals surface area contributed by atoms with Gasteiger partial charge in [0.15, 0.2) is 0 Å². The molecule has 1 amide bonds. The number of sulfonamides is 2. The van der Waals surface area contributed by atoms with Crippen LogP contribution in [0.25, 0.3) is 0 Å². The van der Waals surface area contributed by atoms with Crippen LogP contribution in [0.5, 0.6) is 0 Å². The summed E-state index contributed by atoms with van der Waals surface area (Å²) in [4.78, 5) is 18.5. The maximum Gasteiger partial charge on any atom is 0.264 e. The van der Waals surface area contributed by atoms with Crippen LogP contribution >= 0.6 is 0 Å². The summed E-state index contributed by atoms with van der Waals surface area (Å²) in [6, 6.07) is 12.3. The molecule has 0 fully saturated rings. The Hall–Kier alpha value is -3.51. The number of amides is 1. The first kappa shape index (κ1) is 21.2. The Morgan fingerprint density at radius 3 is 1.70 bits per heavy atom. The van der Waals surface area contributed by atoms with Crippen molar-refractivity contribution < 1.29 is 21.6 Å². The Bertz CT molecular complexity index is 1240. The predicted molar refractivity (Wildman–Crippen MR) is 111 cm³/mol. The topological polar surface area (TPSA) is 147 Å². The zero-order valence-electron chi connectivity index (χ0n) is 15.6. The number of aromatic nitrogens is 2. The normalized spacial score (nSPS) is 11.5. The maximum absolute atomic E-state index is 12.5. The van der Waals surface area contributed by atoms with Gasteiger partial charge in [-0.25, -0.2) is 31.5 Å². The van der Waals surface area contributed by atoms with Gasteiger partial charge in [-0.3, -0.25) is 9.52 Å². The minimum atomic E-state index is -3.93. The summed E-state index contributed by atoms with van der Waals surface area (Å²) < 4.78 is 54.4. The van der Waals surface area contributed by atoms with Gasteiger partial charge in [0.1, 0.15) is 0 Å². The average Bonchev–Trinajstić information content (AvgIpc) is 2.68. The number of carbonyl (C=O) groups excluding carboxylic acids is 1. The predicted octanol–water partition coefficient (Wildman–Crippen LogP) is 2.04. The van der Waals surface area contributed by atoms with Crippen molar-refractivity contribution in [3.8, 4) is 0 Å². The number of nitrogens with zero attached hydrogens (tertiary/aromatic N) is 2. The van der Waals surface area contributed by atoms with Crippen LogP contribution in [-0.4, -0.2) is 32.7 Å². The number of benzene rings is 2. The van der Waals surface area contributed by atoms with Gasteiger partial charge in [0.25, 0.3) is 20.0 Å². The monoisotopic (exact) mass is 447 g/mol. The van der Waals surface area contributed by atoms with E-state index in [4.69, 9.17) is 0 Å². The summed E-state index contributed by atoms with van der Waals surface area (Å²) in [6.07, 6.45) is 2.79. The highest BCUT2D eigenvalue weighted by molar-refractivity contribution is 7.93. The molecule has 0 aliphatic rings. The van der Waals surface area contributed by atoms with Gasteiger partial charge in [-0.15, -0.1) is 0 Å². The van der Waals surface area contributed by atoms with Gasteiger partial charge in [-0.2, -0.15) is 0 Å². The van der Waals surface area contributed by atoms with E-state index in [0.29, 0.717) is 5.69 Å². The molecule has 2 aromatic carbocycles. The number of hydrogen-bond acceptors (Lipinski definition) is 7. The van der Waals surface area contributed by atoms with E-state index in [-0.39, 0.29) is 27.3 Å². The summed E-state index contributed by atoms with van der Waals surface area (Å²) in [5, 5.41) is 2.54. The summed E-state index contributed by atoms with van der Waals surface area (Å²) in [5.74, 6) is -0.350. The molecule has 12 heteroatoms. The van der Waals surface area contributed by atoms with Crippen molar-refractivity contribution in [2.45, 2.75) is 16.7 Å². The van der Waals surface area contributed by atoms with E-state index in [9.17, 15) is 21.6 Å². The minimum absolute atomic E-state index is 0.0174. The Kier molecular flexibility index (Phi) is 5.99. The average molecular weight is 447 g/mol. The first-order valence-corrected chi connectivity index (χ1v) is 11.4. The van der Waals surface area contributed by atoms with Crippen LogP contribution in [0.1, 0.15) is 6.92 Å². The summed E-state index contributed by atoms with van der Waals surface area (Å²) in [5.41, 5.74) is 0.641. The van der Waals surface area contributed by atoms with E-state index in [1.165, 1.54) is 67.8 Å². The van der Waals surface area contributed by atoms with Gasteiger partial charge in [-0.1, -0.05) is 0 Å². The third-order valence-corrected chi connectivity index (χ3v) is 6.43. The van der Waals surface area contributed by atoms with Gasteiger partial charge in [-0.05, 0) is 54.6 Å². The Morgan fingerprint density at radius 1 is 0.733 bits per heavy atom. The zero-order chi connectivity index (χ0) is 21.8. The second kappa shape index (κ2) is 8.47. The Balaban J connectivity index is 1.73. The molecule has 10 nitrogen and oxygen atoms in total. The molecule has 1 aromatic heterocycles. The summed E-state index contributed by atoms with van der Waals surface area (Å²) in [6.45, 7) is 1.35. The van der Waals surface area contributed by atoms with Gasteiger partial charge in [0, 0.05) is 30.7 Å². The molecule has 0 saturated carbocycles. The molecular formula is C18H17N5O5S2. The lowest BCUT2D eigenvalue weighted by atomic mass is 10.3. The number of rotatable bonds is 7. The van der Waals surface area contributed by atoms with Crippen molar-refractivity contribution >= 4 is 43.3 Å². The molecule has 3 aromatic rings. The molecule has 0 aliphatic carbocycles. The standard InChI is InChI=1S/C18H17N5O5S2/c1-13(24)21-14-3-7-16(8-4-14)29(25,26)22-15-5-9-17(10-6-15)30(27,28)23-18-19-11-2-12-20-18/h2-12,22H,1H3,(H,21,24)(H,19,20,23). The van der Waals surface area contributed by atoms with Crippen LogP contribution < -0.4 is 14.8 Å². The first-order chi connectivity index (χ1) is 14.2. The second-order valence-electron chi connectivity index (χ2n) is 6.01. The van der Waals surface area contributed by atoms with Crippen molar-refractivity contribution in [3.63, 3.8) is 0 Å². The van der Waals surface area contributed by atoms with Crippen molar-refractivity contribution in [2.75, 3.05) is 14.8 Å². The zero-order valence-corrected chi connectivity index (χ0v) is 17.2. The molecule has 3 rings (SSSR count). The molecule has 0 aliphatic heterocycles. The van der Waals surface area contributed by atoms with Crippen molar-refractivity contribution in [3.05, 3.63) is 67.0 Å². The molecular weight excluding hydrogens is 430 g/mol. The third kappa shape index (κ3) is 5.30. The largest absolute Gasteiger partial charge is 0.326 e. The number of hydrogen-bond donors (Lipinski definition) is 3. The summed E-state index contributed by atoms with van der Waals surface area (Å²) >= 11 is 0. The van der Waals surface area contributed by atoms with Gasteiger partial charge in [0.2, 0.25) is 11.9 Å². The van der Waals surface area contributed by atoms with Crippen molar-refractivity contribution in [2.24, 2.45) is 0 Å². The fourth-order valence-electron chi connectivity index (χ4n) is 2.37. The van der Waals surface area contributed by atoms with Crippen LogP contribution in [0.2, 0.25) is 0 Å². The highest BCUT2D eigenvalue weighted by Crippen LogP contribution is 2.20. The lowest BCUT2D eigenvalue weighted by Crippen LogP contribution is -2.15. The molecule has 0 atom stereocenters. The van der Waals surface area contributed by atoms with E-state index in [1.807, 2.05) is 0 Å². The maximum atomic E-state index is 12.5. The quantitative estimate of drug-likeness (QED) is 0.502. The molecule has 0 radical (unpaired) electrons. The molecule has 0 spiro atoms. The van der Waals surface area contributed by atoms with Crippen LogP contribution in [-0.2, 0) is 24.8 Å². The van der Waals surface area contributed by atoms with Crippen molar-refractivity contribution in [1.82, 2.24) is 9.97 Å². The van der Waals surface area contributed by atoms with Crippen molar-refractivity contribution in [1.29, 1.82) is 0 Å². The lowest BCUT2D eigenvalue weighted by molar-refractivity contribution is -0.114. The van der Waals surface area contributed by atoms with Crippen LogP contribution in [0, 0.1) is 0 Å². The van der Waals surface area contributed by atoms with E-state index >= 15 is 0 Å². The highest BCUT2D eigenvalue weighted by Gasteiger charge is 2.17. The van der Waals surface area contributed by atoms with Gasteiger partial charge in [0.05, 0.1) is 9.79 Å². The van der Waals surface area contributed by atoms with Crippen LogP contribution in [0.4, 0.5) is 17.3 Å². The lowest BCUT2D eigenvalue weighted by Gasteiger charge is -2.10. The smallest absolute Gasteiger partial charge is 0.264 e. The van der Waals surface area contributed by atoms with Gasteiger partial charge >= 0.3 is 0 Å². The first-order valence-electron chi connectivity index (χ1n) is 8.46. The third-order valence-electron chi connectivity index (χ3n) is 3.69. The Morgan fingerprint density at radius 2 is 1.20 bits per heavy atom. The SMILES string of the molecule is CC(=O)Nc1ccc(S(=O)(=O)Nc2ccc(S(=O)(=O)Nc3ncccn3)cc2)cc1. The molecule has 0 unspecified atom stereocenters. The highest BCUT2D eigenvalue weighted by atomic mass is 32.2. The molecule has 0 saturated heterocycles. The minimum Gasteiger partial charge on any atom is -0.326 e. The molecule has 0 bridgehead atoms. The Labute approximate surface area is 173 Å². The molecule has 30 heavy (non-hydrogen) atoms. The van der Waals surface area contributed by atoms with E-state index in [2.05, 4.69) is 24.7 Å². The van der Waals surface area contributed by atoms with E-state index in [1.54, 1.807) is 6.07 Å². The van der Waals surface area contributed by atoms with Gasteiger partial charge < -0.3 is 5.32 Å². The summed E-state index contributed by atoms with van der Waals surface area (Å²) in [7, 11) is -7.83. The number of anilines is 3. The van der Waals surface area contributed by atoms with Crippen LogP contribution in [0.15, 0.2) is 76.8 Å². The number of carbonyl (C=O) groups is 1. The fourth-order valence-corrected chi connectivity index (χ4v) is 4.38. The molecule has 3 N–H and O–H groups in total. The fraction of sp³-hybridized carbons (Fsp3) is 0.0556. The van der Waals surface area contributed by atoms with E-state index in [0.717, 1.165) is 0 Å². The second-order valence-corrected chi connectivity index (χ2v) is 9.38. The number of nitrogens with one attached hydrogen (secondary N) is 3. The molecule has 1 heterocycles. The van der Waals surface area contributed by atoms with Crippen LogP contribution in [0.3, 0.4) is 0 Å². The van der Waals surface area contributed by atoms with E-state index < -0.39 is 20.0 Å².